The van der Waals surface area contributed by atoms with E-state index in [2.05, 4.69) is 0 Å². The summed E-state index contributed by atoms with van der Waals surface area (Å²) in [5, 5.41) is 17.7. The van der Waals surface area contributed by atoms with E-state index < -0.39 is 25.7 Å². The van der Waals surface area contributed by atoms with Gasteiger partial charge in [-0.25, -0.2) is 13.2 Å². The molecule has 0 heterocycles. The number of carboxylic acids is 1. The van der Waals surface area contributed by atoms with Gasteiger partial charge in [0.25, 0.3) is 9.05 Å². The maximum atomic E-state index is 10.8. The molecule has 2 N–H and O–H groups in total. The van der Waals surface area contributed by atoms with Crippen LogP contribution in [0.1, 0.15) is 10.4 Å². The van der Waals surface area contributed by atoms with Gasteiger partial charge < -0.3 is 10.2 Å². The first kappa shape index (κ1) is 10.8. The number of carboxylic acid groups (broad SMARTS) is 1. The molecule has 0 aliphatic carbocycles. The van der Waals surface area contributed by atoms with Gasteiger partial charge in [-0.3, -0.25) is 0 Å². The number of rotatable bonds is 2. The van der Waals surface area contributed by atoms with Gasteiger partial charge in [0.05, 0.1) is 5.56 Å². The minimum Gasteiger partial charge on any atom is -0.507 e. The van der Waals surface area contributed by atoms with Crippen LogP contribution in [-0.4, -0.2) is 24.6 Å². The van der Waals surface area contributed by atoms with E-state index in [-0.39, 0.29) is 5.56 Å². The zero-order valence-corrected chi connectivity index (χ0v) is 8.21. The number of halogens is 1. The predicted molar refractivity (Wildman–Crippen MR) is 48.1 cm³/mol. The molecule has 0 fully saturated rings. The first-order chi connectivity index (χ1) is 6.32. The van der Waals surface area contributed by atoms with Crippen LogP contribution in [0.2, 0.25) is 0 Å². The Morgan fingerprint density at radius 3 is 2.29 bits per heavy atom. The number of hydrogen-bond acceptors (Lipinski definition) is 4. The summed E-state index contributed by atoms with van der Waals surface area (Å²) in [6.07, 6.45) is 0. The van der Waals surface area contributed by atoms with E-state index in [1.165, 1.54) is 0 Å². The molecule has 1 aromatic rings. The second-order valence-corrected chi connectivity index (χ2v) is 4.96. The monoisotopic (exact) mass is 236 g/mol. The third-order valence-corrected chi connectivity index (χ3v) is 2.84. The van der Waals surface area contributed by atoms with Crippen LogP contribution >= 0.6 is 10.7 Å². The van der Waals surface area contributed by atoms with E-state index in [4.69, 9.17) is 20.9 Å². The molecule has 0 spiro atoms. The highest BCUT2D eigenvalue weighted by molar-refractivity contribution is 8.13. The molecule has 7 heteroatoms. The van der Waals surface area contributed by atoms with Crippen molar-refractivity contribution in [3.8, 4) is 5.75 Å². The molecular formula is C7H5ClO5S. The Hall–Kier alpha value is -1.27. The number of aromatic hydroxyl groups is 1. The summed E-state index contributed by atoms with van der Waals surface area (Å²) in [5.74, 6) is -1.95. The first-order valence-electron chi connectivity index (χ1n) is 3.33. The Morgan fingerprint density at radius 2 is 1.93 bits per heavy atom. The number of hydrogen-bond donors (Lipinski definition) is 2. The lowest BCUT2D eigenvalue weighted by Crippen LogP contribution is -1.98. The van der Waals surface area contributed by atoms with E-state index in [9.17, 15) is 13.2 Å². The highest BCUT2D eigenvalue weighted by Gasteiger charge is 2.16. The van der Waals surface area contributed by atoms with E-state index in [1.54, 1.807) is 0 Å². The van der Waals surface area contributed by atoms with Crippen molar-refractivity contribution in [2.45, 2.75) is 4.90 Å². The van der Waals surface area contributed by atoms with Gasteiger partial charge in [-0.05, 0) is 18.2 Å². The molecule has 0 atom stereocenters. The highest BCUT2D eigenvalue weighted by atomic mass is 35.7. The summed E-state index contributed by atoms with van der Waals surface area (Å²) in [7, 11) is 0.914. The van der Waals surface area contributed by atoms with Crippen molar-refractivity contribution in [2.75, 3.05) is 0 Å². The molecule has 0 aliphatic heterocycles. The summed E-state index contributed by atoms with van der Waals surface area (Å²) < 4.78 is 21.6. The Labute approximate surface area is 84.0 Å². The van der Waals surface area contributed by atoms with Crippen LogP contribution in [0.4, 0.5) is 0 Å². The third-order valence-electron chi connectivity index (χ3n) is 1.47. The molecule has 0 aromatic heterocycles. The summed E-state index contributed by atoms with van der Waals surface area (Å²) in [6.45, 7) is 0. The molecule has 0 aliphatic rings. The summed E-state index contributed by atoms with van der Waals surface area (Å²) >= 11 is 0. The van der Waals surface area contributed by atoms with Crippen LogP contribution in [-0.2, 0) is 9.05 Å². The molecular weight excluding hydrogens is 232 g/mol. The van der Waals surface area contributed by atoms with Crippen LogP contribution in [0.15, 0.2) is 23.1 Å². The lowest BCUT2D eigenvalue weighted by Gasteiger charge is -2.01. The zero-order valence-electron chi connectivity index (χ0n) is 6.64. The average Bonchev–Trinajstić information content (AvgIpc) is 2.01. The standard InChI is InChI=1S/C7H5ClO5S/c8-14(12,13)6-2-1-4(7(10)11)3-5(6)9/h1-3,9H,(H,10,11). The van der Waals surface area contributed by atoms with E-state index in [0.29, 0.717) is 0 Å². The maximum Gasteiger partial charge on any atom is 0.335 e. The number of carbonyl (C=O) groups is 1. The minimum atomic E-state index is -4.05. The maximum absolute atomic E-state index is 10.8. The van der Waals surface area contributed by atoms with Crippen LogP contribution in [0.5, 0.6) is 5.75 Å². The molecule has 14 heavy (non-hydrogen) atoms. The Bertz CT molecular complexity index is 479. The van der Waals surface area contributed by atoms with Crippen molar-refractivity contribution in [1.29, 1.82) is 0 Å². The largest absolute Gasteiger partial charge is 0.507 e. The molecule has 0 saturated heterocycles. The van der Waals surface area contributed by atoms with Gasteiger partial charge in [0.1, 0.15) is 10.6 Å². The lowest BCUT2D eigenvalue weighted by atomic mass is 10.2. The molecule has 0 radical (unpaired) electrons. The number of phenolic OH excluding ortho intramolecular Hbond substituents is 1. The first-order valence-corrected chi connectivity index (χ1v) is 5.64. The number of aromatic carboxylic acids is 1. The topological polar surface area (TPSA) is 91.7 Å². The fourth-order valence-electron chi connectivity index (χ4n) is 0.857. The third kappa shape index (κ3) is 2.15. The molecule has 0 bridgehead atoms. The zero-order chi connectivity index (χ0) is 10.9. The average molecular weight is 237 g/mol. The van der Waals surface area contributed by atoms with Gasteiger partial charge in [0.15, 0.2) is 0 Å². The predicted octanol–water partition coefficient (Wildman–Crippen LogP) is 1.02. The number of phenols is 1. The Balaban J connectivity index is 3.35. The van der Waals surface area contributed by atoms with Gasteiger partial charge in [0.2, 0.25) is 0 Å². The summed E-state index contributed by atoms with van der Waals surface area (Å²) in [4.78, 5) is 9.91. The Kier molecular flexibility index (Phi) is 2.68. The van der Waals surface area contributed by atoms with Gasteiger partial charge in [-0.1, -0.05) is 0 Å². The Morgan fingerprint density at radius 1 is 1.36 bits per heavy atom. The van der Waals surface area contributed by atoms with E-state index >= 15 is 0 Å². The van der Waals surface area contributed by atoms with Gasteiger partial charge >= 0.3 is 5.97 Å². The van der Waals surface area contributed by atoms with Gasteiger partial charge in [-0.2, -0.15) is 0 Å². The van der Waals surface area contributed by atoms with Crippen molar-refractivity contribution in [2.24, 2.45) is 0 Å². The fraction of sp³-hybridized carbons (Fsp3) is 0. The van der Waals surface area contributed by atoms with Crippen molar-refractivity contribution in [3.63, 3.8) is 0 Å². The van der Waals surface area contributed by atoms with Crippen LogP contribution in [0, 0.1) is 0 Å². The normalized spacial score (nSPS) is 11.2. The fourth-order valence-corrected chi connectivity index (χ4v) is 1.79. The van der Waals surface area contributed by atoms with Crippen molar-refractivity contribution >= 4 is 25.7 Å². The SMILES string of the molecule is O=C(O)c1ccc(S(=O)(=O)Cl)c(O)c1. The second-order valence-electron chi connectivity index (χ2n) is 2.43. The van der Waals surface area contributed by atoms with E-state index in [1.807, 2.05) is 0 Å². The van der Waals surface area contributed by atoms with Gasteiger partial charge in [-0.15, -0.1) is 0 Å². The van der Waals surface area contributed by atoms with Crippen molar-refractivity contribution in [3.05, 3.63) is 23.8 Å². The molecule has 1 rings (SSSR count). The second kappa shape index (κ2) is 3.47. The molecule has 1 aromatic carbocycles. The van der Waals surface area contributed by atoms with Crippen molar-refractivity contribution in [1.82, 2.24) is 0 Å². The van der Waals surface area contributed by atoms with E-state index in [0.717, 1.165) is 18.2 Å². The molecule has 0 amide bonds. The summed E-state index contributed by atoms with van der Waals surface area (Å²) in [5.41, 5.74) is -0.216. The van der Waals surface area contributed by atoms with Gasteiger partial charge in [0, 0.05) is 10.7 Å². The lowest BCUT2D eigenvalue weighted by molar-refractivity contribution is 0.0696. The molecule has 76 valence electrons. The van der Waals surface area contributed by atoms with Crippen molar-refractivity contribution < 1.29 is 23.4 Å². The number of benzene rings is 1. The quantitative estimate of drug-likeness (QED) is 0.748. The smallest absolute Gasteiger partial charge is 0.335 e. The minimum absolute atomic E-state index is 0.216. The van der Waals surface area contributed by atoms with Crippen LogP contribution < -0.4 is 0 Å². The van der Waals surface area contributed by atoms with Crippen LogP contribution in [0.25, 0.3) is 0 Å². The highest BCUT2D eigenvalue weighted by Crippen LogP contribution is 2.26. The van der Waals surface area contributed by atoms with Crippen LogP contribution in [0.3, 0.4) is 0 Å². The summed E-state index contributed by atoms with van der Waals surface area (Å²) in [6, 6.07) is 2.79. The molecule has 5 nitrogen and oxygen atoms in total. The molecule has 0 saturated carbocycles. The molecule has 0 unspecified atom stereocenters.